The Labute approximate surface area is 101 Å². The van der Waals surface area contributed by atoms with Crippen LogP contribution in [0.25, 0.3) is 0 Å². The van der Waals surface area contributed by atoms with Gasteiger partial charge < -0.3 is 9.47 Å². The number of hydrogen-bond acceptors (Lipinski definition) is 2. The molecule has 0 unspecified atom stereocenters. The normalized spacial score (nSPS) is 18.5. The molecule has 3 rings (SSSR count). The van der Waals surface area contributed by atoms with Crippen molar-refractivity contribution in [1.29, 1.82) is 0 Å². The molecule has 2 aromatic carbocycles. The number of hydrogen-bond donors (Lipinski definition) is 0. The van der Waals surface area contributed by atoms with Crippen LogP contribution in [0.2, 0.25) is 0 Å². The maximum absolute atomic E-state index is 6.02. The van der Waals surface area contributed by atoms with Crippen LogP contribution in [0.15, 0.2) is 54.6 Å². The van der Waals surface area contributed by atoms with E-state index >= 15 is 0 Å². The lowest BCUT2D eigenvalue weighted by molar-refractivity contribution is 0.195. The molecule has 1 aliphatic heterocycles. The first kappa shape index (κ1) is 10.2. The van der Waals surface area contributed by atoms with Crippen molar-refractivity contribution in [3.8, 4) is 11.5 Å². The van der Waals surface area contributed by atoms with E-state index in [9.17, 15) is 0 Å². The molecule has 0 aliphatic carbocycles. The third kappa shape index (κ3) is 2.11. The molecule has 2 nitrogen and oxygen atoms in total. The number of fused-ring (bicyclic) bond motifs is 1. The fraction of sp³-hybridized carbons (Fsp3) is 0.200. The van der Waals surface area contributed by atoms with E-state index in [0.29, 0.717) is 6.61 Å². The molecule has 0 spiro atoms. The summed E-state index contributed by atoms with van der Waals surface area (Å²) in [6.45, 7) is 0.691. The number of benzene rings is 2. The molecule has 0 N–H and O–H groups in total. The minimum atomic E-state index is 0.0832. The Hall–Kier alpha value is -1.96. The number of para-hydroxylation sites is 2. The fourth-order valence-electron chi connectivity index (χ4n) is 2.06. The second-order valence-electron chi connectivity index (χ2n) is 4.10. The minimum absolute atomic E-state index is 0.0832. The summed E-state index contributed by atoms with van der Waals surface area (Å²) in [7, 11) is 0. The highest BCUT2D eigenvalue weighted by molar-refractivity contribution is 5.40. The van der Waals surface area contributed by atoms with Gasteiger partial charge in [-0.2, -0.15) is 0 Å². The third-order valence-corrected chi connectivity index (χ3v) is 2.93. The van der Waals surface area contributed by atoms with Gasteiger partial charge in [-0.3, -0.25) is 0 Å². The topological polar surface area (TPSA) is 18.5 Å². The summed E-state index contributed by atoms with van der Waals surface area (Å²) in [5.74, 6) is 1.67. The van der Waals surface area contributed by atoms with Gasteiger partial charge in [-0.05, 0) is 17.7 Å². The fourth-order valence-corrected chi connectivity index (χ4v) is 2.06. The van der Waals surface area contributed by atoms with E-state index in [1.54, 1.807) is 0 Å². The molecule has 0 aromatic heterocycles. The lowest BCUT2D eigenvalue weighted by atomic mass is 10.1. The summed E-state index contributed by atoms with van der Waals surface area (Å²) in [5, 5.41) is 0. The van der Waals surface area contributed by atoms with E-state index in [1.807, 2.05) is 42.5 Å². The summed E-state index contributed by atoms with van der Waals surface area (Å²) in [4.78, 5) is 0. The van der Waals surface area contributed by atoms with Crippen molar-refractivity contribution in [2.75, 3.05) is 6.61 Å². The molecule has 1 heterocycles. The molecule has 17 heavy (non-hydrogen) atoms. The molecule has 86 valence electrons. The van der Waals surface area contributed by atoms with E-state index < -0.39 is 0 Å². The average molecular weight is 226 g/mol. The van der Waals surface area contributed by atoms with Crippen LogP contribution in [0.1, 0.15) is 18.1 Å². The molecule has 0 saturated heterocycles. The van der Waals surface area contributed by atoms with Crippen LogP contribution in [-0.4, -0.2) is 6.61 Å². The van der Waals surface area contributed by atoms with Gasteiger partial charge in [0.25, 0.3) is 0 Å². The quantitative estimate of drug-likeness (QED) is 0.739. The Morgan fingerprint density at radius 2 is 1.53 bits per heavy atom. The van der Waals surface area contributed by atoms with Crippen LogP contribution >= 0.6 is 0 Å². The van der Waals surface area contributed by atoms with E-state index in [2.05, 4.69) is 12.1 Å². The zero-order chi connectivity index (χ0) is 11.5. The molecule has 0 saturated carbocycles. The molecule has 0 bridgehead atoms. The van der Waals surface area contributed by atoms with Crippen LogP contribution in [-0.2, 0) is 0 Å². The second kappa shape index (κ2) is 4.50. The Kier molecular flexibility index (Phi) is 2.70. The first-order chi connectivity index (χ1) is 8.43. The van der Waals surface area contributed by atoms with Crippen molar-refractivity contribution in [1.82, 2.24) is 0 Å². The number of rotatable bonds is 1. The Balaban J connectivity index is 1.91. The monoisotopic (exact) mass is 226 g/mol. The van der Waals surface area contributed by atoms with Crippen molar-refractivity contribution < 1.29 is 9.47 Å². The largest absolute Gasteiger partial charge is 0.490 e. The summed E-state index contributed by atoms with van der Waals surface area (Å²) in [6, 6.07) is 18.1. The van der Waals surface area contributed by atoms with Crippen LogP contribution in [0.4, 0.5) is 0 Å². The predicted molar refractivity (Wildman–Crippen MR) is 66.4 cm³/mol. The van der Waals surface area contributed by atoms with Gasteiger partial charge in [0, 0.05) is 6.42 Å². The summed E-state index contributed by atoms with van der Waals surface area (Å²) < 4.78 is 11.7. The van der Waals surface area contributed by atoms with Crippen molar-refractivity contribution >= 4 is 0 Å². The Bertz CT molecular complexity index is 493. The van der Waals surface area contributed by atoms with Gasteiger partial charge in [0.15, 0.2) is 11.5 Å². The van der Waals surface area contributed by atoms with Gasteiger partial charge in [-0.1, -0.05) is 42.5 Å². The van der Waals surface area contributed by atoms with Crippen molar-refractivity contribution in [2.45, 2.75) is 12.5 Å². The smallest absolute Gasteiger partial charge is 0.162 e. The SMILES string of the molecule is c1ccc([C@H]2CCOc3ccccc3O2)cc1. The van der Waals surface area contributed by atoms with E-state index in [4.69, 9.17) is 9.47 Å². The molecule has 1 aliphatic rings. The second-order valence-corrected chi connectivity index (χ2v) is 4.10. The van der Waals surface area contributed by atoms with Crippen LogP contribution in [0.3, 0.4) is 0 Å². The van der Waals surface area contributed by atoms with Crippen molar-refractivity contribution in [3.63, 3.8) is 0 Å². The zero-order valence-electron chi connectivity index (χ0n) is 9.50. The highest BCUT2D eigenvalue weighted by atomic mass is 16.5. The van der Waals surface area contributed by atoms with Gasteiger partial charge >= 0.3 is 0 Å². The molecule has 2 heteroatoms. The maximum atomic E-state index is 6.02. The predicted octanol–water partition coefficient (Wildman–Crippen LogP) is 3.59. The molecule has 2 aromatic rings. The first-order valence-corrected chi connectivity index (χ1v) is 5.87. The summed E-state index contributed by atoms with van der Waals surface area (Å²) >= 11 is 0. The maximum Gasteiger partial charge on any atom is 0.162 e. The first-order valence-electron chi connectivity index (χ1n) is 5.87. The van der Waals surface area contributed by atoms with Crippen LogP contribution in [0, 0.1) is 0 Å². The Morgan fingerprint density at radius 3 is 2.35 bits per heavy atom. The lowest BCUT2D eigenvalue weighted by Gasteiger charge is -2.16. The molecule has 0 fully saturated rings. The van der Waals surface area contributed by atoms with Gasteiger partial charge in [0.2, 0.25) is 0 Å². The highest BCUT2D eigenvalue weighted by Crippen LogP contribution is 2.35. The summed E-state index contributed by atoms with van der Waals surface area (Å²) in [5.41, 5.74) is 1.20. The van der Waals surface area contributed by atoms with E-state index in [-0.39, 0.29) is 6.10 Å². The van der Waals surface area contributed by atoms with Crippen LogP contribution < -0.4 is 9.47 Å². The van der Waals surface area contributed by atoms with Crippen molar-refractivity contribution in [2.24, 2.45) is 0 Å². The third-order valence-electron chi connectivity index (χ3n) is 2.93. The zero-order valence-corrected chi connectivity index (χ0v) is 9.50. The number of ether oxygens (including phenoxy) is 2. The molecule has 0 amide bonds. The molecular weight excluding hydrogens is 212 g/mol. The molecule has 0 radical (unpaired) electrons. The standard InChI is InChI=1S/C15H14O2/c1-2-6-12(7-3-1)13-10-11-16-14-8-4-5-9-15(14)17-13/h1-9,13H,10-11H2/t13-/m1/s1. The Morgan fingerprint density at radius 1 is 0.824 bits per heavy atom. The average Bonchev–Trinajstić information content (AvgIpc) is 2.62. The van der Waals surface area contributed by atoms with Gasteiger partial charge in [-0.25, -0.2) is 0 Å². The lowest BCUT2D eigenvalue weighted by Crippen LogP contribution is -2.08. The van der Waals surface area contributed by atoms with E-state index in [1.165, 1.54) is 5.56 Å². The van der Waals surface area contributed by atoms with Crippen LogP contribution in [0.5, 0.6) is 11.5 Å². The summed E-state index contributed by atoms with van der Waals surface area (Å²) in [6.07, 6.45) is 0.957. The highest BCUT2D eigenvalue weighted by Gasteiger charge is 2.19. The van der Waals surface area contributed by atoms with Gasteiger partial charge in [-0.15, -0.1) is 0 Å². The van der Waals surface area contributed by atoms with Gasteiger partial charge in [0.05, 0.1) is 6.61 Å². The van der Waals surface area contributed by atoms with E-state index in [0.717, 1.165) is 17.9 Å². The molecule has 1 atom stereocenters. The molecular formula is C15H14O2. The van der Waals surface area contributed by atoms with Gasteiger partial charge in [0.1, 0.15) is 6.10 Å². The van der Waals surface area contributed by atoms with Crippen molar-refractivity contribution in [3.05, 3.63) is 60.2 Å². The minimum Gasteiger partial charge on any atom is -0.490 e.